The summed E-state index contributed by atoms with van der Waals surface area (Å²) < 4.78 is 15.0. The molecule has 1 atom stereocenters. The van der Waals surface area contributed by atoms with E-state index in [1.165, 1.54) is 0 Å². The molecule has 1 heterocycles. The van der Waals surface area contributed by atoms with Gasteiger partial charge in [0.2, 0.25) is 0 Å². The van der Waals surface area contributed by atoms with E-state index in [1.54, 1.807) is 0 Å². The standard InChI is InChI=1S/C11H17NO5/c1-3-9(13)16-7-5-12-10(14)17-11(2)4-6-15-8-11/h3H,1,4-8H2,2H3,(H,12,14). The second-order valence-corrected chi connectivity index (χ2v) is 3.94. The maximum absolute atomic E-state index is 11.4. The van der Waals surface area contributed by atoms with Crippen LogP contribution in [0.15, 0.2) is 12.7 Å². The molecule has 1 fully saturated rings. The molecule has 0 aliphatic carbocycles. The van der Waals surface area contributed by atoms with Gasteiger partial charge in [-0.15, -0.1) is 0 Å². The average molecular weight is 243 g/mol. The quantitative estimate of drug-likeness (QED) is 0.435. The number of alkyl carbamates (subject to hydrolysis) is 1. The summed E-state index contributed by atoms with van der Waals surface area (Å²) in [6, 6.07) is 0. The Balaban J connectivity index is 2.13. The Kier molecular flexibility index (Phi) is 4.96. The fourth-order valence-electron chi connectivity index (χ4n) is 1.35. The molecule has 0 aromatic heterocycles. The van der Waals surface area contributed by atoms with Crippen LogP contribution in [-0.2, 0) is 19.0 Å². The number of rotatable bonds is 5. The summed E-state index contributed by atoms with van der Waals surface area (Å²) in [6.07, 6.45) is 1.22. The van der Waals surface area contributed by atoms with Crippen molar-refractivity contribution in [3.05, 3.63) is 12.7 Å². The fraction of sp³-hybridized carbons (Fsp3) is 0.636. The Labute approximate surface area is 99.9 Å². The van der Waals surface area contributed by atoms with E-state index in [2.05, 4.69) is 16.6 Å². The van der Waals surface area contributed by atoms with E-state index in [-0.39, 0.29) is 13.2 Å². The summed E-state index contributed by atoms with van der Waals surface area (Å²) in [4.78, 5) is 22.1. The summed E-state index contributed by atoms with van der Waals surface area (Å²) in [5, 5.41) is 2.49. The topological polar surface area (TPSA) is 73.9 Å². The summed E-state index contributed by atoms with van der Waals surface area (Å²) in [5.74, 6) is -0.517. The van der Waals surface area contributed by atoms with Crippen molar-refractivity contribution in [1.29, 1.82) is 0 Å². The van der Waals surface area contributed by atoms with Gasteiger partial charge in [0.25, 0.3) is 0 Å². The molecule has 0 spiro atoms. The van der Waals surface area contributed by atoms with Gasteiger partial charge in [0.15, 0.2) is 0 Å². The molecule has 1 amide bonds. The predicted octanol–water partition coefficient (Wildman–Crippen LogP) is 0.621. The molecule has 1 aliphatic rings. The second-order valence-electron chi connectivity index (χ2n) is 3.94. The van der Waals surface area contributed by atoms with Crippen LogP contribution < -0.4 is 5.32 Å². The Hall–Kier alpha value is -1.56. The molecule has 1 aliphatic heterocycles. The van der Waals surface area contributed by atoms with E-state index in [1.807, 2.05) is 6.92 Å². The lowest BCUT2D eigenvalue weighted by molar-refractivity contribution is -0.137. The Morgan fingerprint density at radius 1 is 1.59 bits per heavy atom. The lowest BCUT2D eigenvalue weighted by Crippen LogP contribution is -2.38. The van der Waals surface area contributed by atoms with Gasteiger partial charge in [-0.25, -0.2) is 9.59 Å². The highest BCUT2D eigenvalue weighted by Crippen LogP contribution is 2.22. The van der Waals surface area contributed by atoms with E-state index >= 15 is 0 Å². The van der Waals surface area contributed by atoms with E-state index in [9.17, 15) is 9.59 Å². The molecule has 0 bridgehead atoms. The minimum absolute atomic E-state index is 0.0904. The van der Waals surface area contributed by atoms with Crippen LogP contribution in [0.4, 0.5) is 4.79 Å². The Bertz CT molecular complexity index is 296. The number of hydrogen-bond acceptors (Lipinski definition) is 5. The van der Waals surface area contributed by atoms with Gasteiger partial charge in [-0.1, -0.05) is 6.58 Å². The molecule has 6 heteroatoms. The van der Waals surface area contributed by atoms with Crippen molar-refractivity contribution < 1.29 is 23.8 Å². The lowest BCUT2D eigenvalue weighted by Gasteiger charge is -2.22. The van der Waals surface area contributed by atoms with Crippen LogP contribution in [-0.4, -0.2) is 44.0 Å². The van der Waals surface area contributed by atoms with Crippen molar-refractivity contribution >= 4 is 12.1 Å². The molecule has 17 heavy (non-hydrogen) atoms. The SMILES string of the molecule is C=CC(=O)OCCNC(=O)OC1(C)CCOC1. The van der Waals surface area contributed by atoms with Crippen LogP contribution in [0.2, 0.25) is 0 Å². The second kappa shape index (κ2) is 6.24. The molecular formula is C11H17NO5. The molecule has 6 nitrogen and oxygen atoms in total. The molecule has 1 saturated heterocycles. The molecule has 0 aromatic carbocycles. The summed E-state index contributed by atoms with van der Waals surface area (Å²) in [5.41, 5.74) is -0.554. The van der Waals surface area contributed by atoms with Crippen molar-refractivity contribution in [2.24, 2.45) is 0 Å². The Morgan fingerprint density at radius 2 is 2.35 bits per heavy atom. The molecule has 0 aromatic rings. The largest absolute Gasteiger partial charge is 0.461 e. The molecule has 1 N–H and O–H groups in total. The highest BCUT2D eigenvalue weighted by Gasteiger charge is 2.33. The molecule has 96 valence electrons. The smallest absolute Gasteiger partial charge is 0.407 e. The zero-order chi connectivity index (χ0) is 12.7. The maximum atomic E-state index is 11.4. The summed E-state index contributed by atoms with van der Waals surface area (Å²) in [6.45, 7) is 6.37. The van der Waals surface area contributed by atoms with Crippen LogP contribution in [0.1, 0.15) is 13.3 Å². The van der Waals surface area contributed by atoms with Crippen LogP contribution in [0.3, 0.4) is 0 Å². The zero-order valence-electron chi connectivity index (χ0n) is 9.86. The van der Waals surface area contributed by atoms with Crippen LogP contribution >= 0.6 is 0 Å². The number of amides is 1. The minimum atomic E-state index is -0.554. The van der Waals surface area contributed by atoms with Crippen LogP contribution in [0, 0.1) is 0 Å². The van der Waals surface area contributed by atoms with Crippen molar-refractivity contribution in [3.8, 4) is 0 Å². The highest BCUT2D eigenvalue weighted by atomic mass is 16.6. The van der Waals surface area contributed by atoms with E-state index in [0.717, 1.165) is 6.08 Å². The molecular weight excluding hydrogens is 226 g/mol. The summed E-state index contributed by atoms with van der Waals surface area (Å²) in [7, 11) is 0. The average Bonchev–Trinajstić information content (AvgIpc) is 2.70. The van der Waals surface area contributed by atoms with Gasteiger partial charge in [0, 0.05) is 12.5 Å². The molecule has 0 saturated carbocycles. The first-order valence-electron chi connectivity index (χ1n) is 5.39. The summed E-state index contributed by atoms with van der Waals surface area (Å²) >= 11 is 0. The fourth-order valence-corrected chi connectivity index (χ4v) is 1.35. The zero-order valence-corrected chi connectivity index (χ0v) is 9.86. The van der Waals surface area contributed by atoms with Gasteiger partial charge >= 0.3 is 12.1 Å². The van der Waals surface area contributed by atoms with Crippen molar-refractivity contribution in [2.75, 3.05) is 26.4 Å². The van der Waals surface area contributed by atoms with E-state index in [0.29, 0.717) is 19.6 Å². The molecule has 1 unspecified atom stereocenters. The lowest BCUT2D eigenvalue weighted by atomic mass is 10.1. The number of carbonyl (C=O) groups excluding carboxylic acids is 2. The Morgan fingerprint density at radius 3 is 2.94 bits per heavy atom. The third-order valence-electron chi connectivity index (χ3n) is 2.30. The minimum Gasteiger partial charge on any atom is -0.461 e. The maximum Gasteiger partial charge on any atom is 0.407 e. The number of nitrogens with one attached hydrogen (secondary N) is 1. The van der Waals surface area contributed by atoms with Crippen molar-refractivity contribution in [1.82, 2.24) is 5.32 Å². The van der Waals surface area contributed by atoms with Gasteiger partial charge in [-0.05, 0) is 6.92 Å². The normalized spacial score (nSPS) is 22.9. The molecule has 0 radical (unpaired) electrons. The monoisotopic (exact) mass is 243 g/mol. The third-order valence-corrected chi connectivity index (χ3v) is 2.30. The van der Waals surface area contributed by atoms with Crippen molar-refractivity contribution in [2.45, 2.75) is 18.9 Å². The number of carbonyl (C=O) groups is 2. The number of ether oxygens (including phenoxy) is 3. The van der Waals surface area contributed by atoms with Gasteiger partial charge in [-0.2, -0.15) is 0 Å². The highest BCUT2D eigenvalue weighted by molar-refractivity contribution is 5.81. The van der Waals surface area contributed by atoms with Gasteiger partial charge in [0.05, 0.1) is 19.8 Å². The van der Waals surface area contributed by atoms with Gasteiger partial charge in [0.1, 0.15) is 12.2 Å². The molecule has 1 rings (SSSR count). The van der Waals surface area contributed by atoms with Crippen LogP contribution in [0.25, 0.3) is 0 Å². The first-order valence-corrected chi connectivity index (χ1v) is 5.39. The number of hydrogen-bond donors (Lipinski definition) is 1. The van der Waals surface area contributed by atoms with E-state index in [4.69, 9.17) is 9.47 Å². The van der Waals surface area contributed by atoms with Gasteiger partial charge < -0.3 is 19.5 Å². The first-order chi connectivity index (χ1) is 8.06. The third kappa shape index (κ3) is 4.86. The van der Waals surface area contributed by atoms with Gasteiger partial charge in [-0.3, -0.25) is 0 Å². The van der Waals surface area contributed by atoms with Crippen molar-refractivity contribution in [3.63, 3.8) is 0 Å². The van der Waals surface area contributed by atoms with E-state index < -0.39 is 17.7 Å². The predicted molar refractivity (Wildman–Crippen MR) is 59.5 cm³/mol. The number of esters is 1. The van der Waals surface area contributed by atoms with Crippen LogP contribution in [0.5, 0.6) is 0 Å². The first kappa shape index (κ1) is 13.5.